The van der Waals surface area contributed by atoms with Gasteiger partial charge in [-0.3, -0.25) is 4.98 Å². The maximum absolute atomic E-state index is 5.97. The lowest BCUT2D eigenvalue weighted by Gasteiger charge is -2.18. The minimum Gasteiger partial charge on any atom is -0.330 e. The van der Waals surface area contributed by atoms with Gasteiger partial charge in [0.1, 0.15) is 11.3 Å². The van der Waals surface area contributed by atoms with E-state index in [1.807, 2.05) is 18.5 Å². The van der Waals surface area contributed by atoms with Crippen LogP contribution < -0.4 is 5.73 Å². The maximum atomic E-state index is 5.97. The lowest BCUT2D eigenvalue weighted by molar-refractivity contribution is 0.470. The molecule has 0 aromatic carbocycles. The number of aryl methyl sites for hydroxylation is 1. The summed E-state index contributed by atoms with van der Waals surface area (Å²) in [6, 6.07) is 2.05. The van der Waals surface area contributed by atoms with E-state index < -0.39 is 0 Å². The predicted molar refractivity (Wildman–Crippen MR) is 79.1 cm³/mol. The summed E-state index contributed by atoms with van der Waals surface area (Å²) in [4.78, 5) is 8.94. The zero-order valence-electron chi connectivity index (χ0n) is 12.1. The second-order valence-corrected chi connectivity index (χ2v) is 5.55. The molecule has 104 valence electrons. The van der Waals surface area contributed by atoms with Crippen LogP contribution in [-0.4, -0.2) is 21.1 Å². The molecule has 0 saturated carbocycles. The Kier molecular flexibility index (Phi) is 4.53. The average molecular weight is 260 g/mol. The highest BCUT2D eigenvalue weighted by molar-refractivity contribution is 5.74. The quantitative estimate of drug-likeness (QED) is 0.868. The Bertz CT molecular complexity index is 530. The van der Waals surface area contributed by atoms with E-state index >= 15 is 0 Å². The number of imidazole rings is 1. The SMILES string of the molecule is CCCn1c(C(CN)CC(C)C)nc2cnccc21. The van der Waals surface area contributed by atoms with Crippen molar-refractivity contribution in [3.8, 4) is 0 Å². The van der Waals surface area contributed by atoms with Crippen molar-refractivity contribution >= 4 is 11.0 Å². The number of pyridine rings is 1. The third kappa shape index (κ3) is 2.95. The van der Waals surface area contributed by atoms with E-state index in [0.29, 0.717) is 18.4 Å². The van der Waals surface area contributed by atoms with Gasteiger partial charge in [0.15, 0.2) is 0 Å². The molecule has 0 saturated heterocycles. The number of nitrogens with zero attached hydrogens (tertiary/aromatic N) is 3. The first-order valence-electron chi connectivity index (χ1n) is 7.17. The van der Waals surface area contributed by atoms with Crippen LogP contribution in [0.3, 0.4) is 0 Å². The molecule has 0 spiro atoms. The van der Waals surface area contributed by atoms with Crippen molar-refractivity contribution < 1.29 is 0 Å². The Balaban J connectivity index is 2.47. The van der Waals surface area contributed by atoms with Crippen molar-refractivity contribution in [2.45, 2.75) is 46.1 Å². The third-order valence-electron chi connectivity index (χ3n) is 3.43. The first-order chi connectivity index (χ1) is 9.17. The van der Waals surface area contributed by atoms with E-state index in [1.54, 1.807) is 0 Å². The van der Waals surface area contributed by atoms with Gasteiger partial charge in [-0.15, -0.1) is 0 Å². The molecule has 4 heteroatoms. The second-order valence-electron chi connectivity index (χ2n) is 5.55. The lowest BCUT2D eigenvalue weighted by Crippen LogP contribution is -2.19. The highest BCUT2D eigenvalue weighted by Crippen LogP contribution is 2.26. The van der Waals surface area contributed by atoms with E-state index in [0.717, 1.165) is 30.7 Å². The van der Waals surface area contributed by atoms with Crippen LogP contribution in [0.1, 0.15) is 45.4 Å². The van der Waals surface area contributed by atoms with E-state index in [1.165, 1.54) is 5.52 Å². The largest absolute Gasteiger partial charge is 0.330 e. The van der Waals surface area contributed by atoms with Gasteiger partial charge < -0.3 is 10.3 Å². The number of fused-ring (bicyclic) bond motifs is 1. The Morgan fingerprint density at radius 3 is 2.79 bits per heavy atom. The lowest BCUT2D eigenvalue weighted by atomic mass is 9.96. The van der Waals surface area contributed by atoms with Crippen LogP contribution in [0.25, 0.3) is 11.0 Å². The monoisotopic (exact) mass is 260 g/mol. The Morgan fingerprint density at radius 1 is 1.37 bits per heavy atom. The molecule has 1 atom stereocenters. The first-order valence-corrected chi connectivity index (χ1v) is 7.17. The zero-order chi connectivity index (χ0) is 13.8. The van der Waals surface area contributed by atoms with Crippen LogP contribution in [0.4, 0.5) is 0 Å². The summed E-state index contributed by atoms with van der Waals surface area (Å²) in [7, 11) is 0. The fraction of sp³-hybridized carbons (Fsp3) is 0.600. The van der Waals surface area contributed by atoms with E-state index in [4.69, 9.17) is 10.7 Å². The minimum atomic E-state index is 0.332. The second kappa shape index (κ2) is 6.15. The van der Waals surface area contributed by atoms with Gasteiger partial charge in [0.25, 0.3) is 0 Å². The van der Waals surface area contributed by atoms with E-state index in [-0.39, 0.29) is 0 Å². The van der Waals surface area contributed by atoms with Crippen LogP contribution in [0, 0.1) is 5.92 Å². The van der Waals surface area contributed by atoms with Crippen LogP contribution in [-0.2, 0) is 6.54 Å². The first kappa shape index (κ1) is 14.0. The highest BCUT2D eigenvalue weighted by Gasteiger charge is 2.19. The smallest absolute Gasteiger partial charge is 0.114 e. The highest BCUT2D eigenvalue weighted by atomic mass is 15.1. The molecule has 0 radical (unpaired) electrons. The average Bonchev–Trinajstić information content (AvgIpc) is 2.75. The molecular formula is C15H24N4. The molecule has 2 heterocycles. The van der Waals surface area contributed by atoms with Crippen LogP contribution in [0.2, 0.25) is 0 Å². The Labute approximate surface area is 115 Å². The fourth-order valence-electron chi connectivity index (χ4n) is 2.65. The molecule has 0 amide bonds. The molecular weight excluding hydrogens is 236 g/mol. The minimum absolute atomic E-state index is 0.332. The van der Waals surface area contributed by atoms with Crippen LogP contribution >= 0.6 is 0 Å². The van der Waals surface area contributed by atoms with Crippen LogP contribution in [0.5, 0.6) is 0 Å². The number of hydrogen-bond donors (Lipinski definition) is 1. The van der Waals surface area contributed by atoms with Crippen LogP contribution in [0.15, 0.2) is 18.5 Å². The summed E-state index contributed by atoms with van der Waals surface area (Å²) in [5.41, 5.74) is 8.13. The zero-order valence-corrected chi connectivity index (χ0v) is 12.1. The molecule has 1 unspecified atom stereocenters. The summed E-state index contributed by atoms with van der Waals surface area (Å²) < 4.78 is 2.32. The number of rotatable bonds is 6. The molecule has 2 aromatic rings. The molecule has 19 heavy (non-hydrogen) atoms. The standard InChI is InChI=1S/C15H24N4/c1-4-7-19-14-5-6-17-10-13(14)18-15(19)12(9-16)8-11(2)3/h5-6,10-12H,4,7-9,16H2,1-3H3. The van der Waals surface area contributed by atoms with Crippen molar-refractivity contribution in [1.29, 1.82) is 0 Å². The molecule has 0 aliphatic carbocycles. The number of aromatic nitrogens is 3. The van der Waals surface area contributed by atoms with Gasteiger partial charge in [0.05, 0.1) is 11.7 Å². The van der Waals surface area contributed by atoms with Gasteiger partial charge in [-0.05, 0) is 24.8 Å². The molecule has 2 N–H and O–H groups in total. The summed E-state index contributed by atoms with van der Waals surface area (Å²) in [6.07, 6.45) is 5.85. The number of nitrogens with two attached hydrogens (primary N) is 1. The van der Waals surface area contributed by atoms with Gasteiger partial charge in [0.2, 0.25) is 0 Å². The normalized spacial score (nSPS) is 13.3. The topological polar surface area (TPSA) is 56.7 Å². The molecule has 2 rings (SSSR count). The van der Waals surface area contributed by atoms with Gasteiger partial charge in [0, 0.05) is 25.2 Å². The van der Waals surface area contributed by atoms with Crippen molar-refractivity contribution in [1.82, 2.24) is 14.5 Å². The Morgan fingerprint density at radius 2 is 2.16 bits per heavy atom. The molecule has 4 nitrogen and oxygen atoms in total. The van der Waals surface area contributed by atoms with E-state index in [9.17, 15) is 0 Å². The summed E-state index contributed by atoms with van der Waals surface area (Å²) >= 11 is 0. The van der Waals surface area contributed by atoms with Crippen molar-refractivity contribution in [2.24, 2.45) is 11.7 Å². The van der Waals surface area contributed by atoms with Gasteiger partial charge in [-0.1, -0.05) is 20.8 Å². The fourth-order valence-corrected chi connectivity index (χ4v) is 2.65. The van der Waals surface area contributed by atoms with Crippen molar-refractivity contribution in [3.63, 3.8) is 0 Å². The van der Waals surface area contributed by atoms with Gasteiger partial charge in [-0.25, -0.2) is 4.98 Å². The van der Waals surface area contributed by atoms with Crippen molar-refractivity contribution in [3.05, 3.63) is 24.3 Å². The number of hydrogen-bond acceptors (Lipinski definition) is 3. The molecule has 0 fully saturated rings. The summed E-state index contributed by atoms with van der Waals surface area (Å²) in [6.45, 7) is 8.30. The maximum Gasteiger partial charge on any atom is 0.114 e. The van der Waals surface area contributed by atoms with Gasteiger partial charge >= 0.3 is 0 Å². The Hall–Kier alpha value is -1.42. The molecule has 0 aliphatic heterocycles. The predicted octanol–water partition coefficient (Wildman–Crippen LogP) is 2.93. The van der Waals surface area contributed by atoms with E-state index in [2.05, 4.69) is 30.3 Å². The molecule has 0 bridgehead atoms. The third-order valence-corrected chi connectivity index (χ3v) is 3.43. The molecule has 2 aromatic heterocycles. The summed E-state index contributed by atoms with van der Waals surface area (Å²) in [5.74, 6) is 2.08. The van der Waals surface area contributed by atoms with Crippen molar-refractivity contribution in [2.75, 3.05) is 6.54 Å². The summed E-state index contributed by atoms with van der Waals surface area (Å²) in [5, 5.41) is 0. The van der Waals surface area contributed by atoms with Gasteiger partial charge in [-0.2, -0.15) is 0 Å². The molecule has 0 aliphatic rings.